The van der Waals surface area contributed by atoms with E-state index in [9.17, 15) is 19.2 Å². The van der Waals surface area contributed by atoms with Gasteiger partial charge in [0.25, 0.3) is 11.5 Å². The molecule has 1 N–H and O–H groups in total. The monoisotopic (exact) mass is 532 g/mol. The van der Waals surface area contributed by atoms with Crippen molar-refractivity contribution in [3.05, 3.63) is 103 Å². The van der Waals surface area contributed by atoms with Crippen LogP contribution in [0.2, 0.25) is 0 Å². The Kier molecular flexibility index (Phi) is 8.21. The highest BCUT2D eigenvalue weighted by Gasteiger charge is 2.33. The summed E-state index contributed by atoms with van der Waals surface area (Å²) in [5.41, 5.74) is 2.56. The van der Waals surface area contributed by atoms with E-state index in [1.165, 1.54) is 17.0 Å². The van der Waals surface area contributed by atoms with Gasteiger partial charge in [0.1, 0.15) is 27.6 Å². The fourth-order valence-electron chi connectivity index (χ4n) is 4.11. The standard InChI is InChI=1S/C28H25FN4O2S2/c1-3-13-32-25(31-16-19-7-5-4-6-8-19)22(18(2)23(15-30)26(32)34)14-24-27(35)33(28(36)37-24)17-20-9-11-21(29)12-10-20/h4-12,14,31H,3,13,16-17H2,1-2H3/b24-14+. The lowest BCUT2D eigenvalue weighted by molar-refractivity contribution is -0.122. The predicted molar refractivity (Wildman–Crippen MR) is 149 cm³/mol. The molecule has 1 saturated heterocycles. The summed E-state index contributed by atoms with van der Waals surface area (Å²) in [7, 11) is 0. The largest absolute Gasteiger partial charge is 0.367 e. The number of benzene rings is 2. The van der Waals surface area contributed by atoms with Crippen LogP contribution in [0.1, 0.15) is 41.2 Å². The zero-order chi connectivity index (χ0) is 26.5. The molecule has 1 aliphatic rings. The molecule has 1 amide bonds. The van der Waals surface area contributed by atoms with Gasteiger partial charge in [-0.25, -0.2) is 4.39 Å². The number of nitrogens with zero attached hydrogens (tertiary/aromatic N) is 3. The number of aromatic nitrogens is 1. The second-order valence-electron chi connectivity index (χ2n) is 8.56. The molecule has 2 heterocycles. The van der Waals surface area contributed by atoms with Crippen molar-refractivity contribution < 1.29 is 9.18 Å². The van der Waals surface area contributed by atoms with Crippen LogP contribution >= 0.6 is 24.0 Å². The van der Waals surface area contributed by atoms with Gasteiger partial charge in [0, 0.05) is 18.7 Å². The van der Waals surface area contributed by atoms with Gasteiger partial charge in [-0.15, -0.1) is 0 Å². The predicted octanol–water partition coefficient (Wildman–Crippen LogP) is 5.59. The van der Waals surface area contributed by atoms with Gasteiger partial charge >= 0.3 is 0 Å². The Morgan fingerprint density at radius 1 is 1.11 bits per heavy atom. The van der Waals surface area contributed by atoms with Gasteiger partial charge in [0.2, 0.25) is 0 Å². The van der Waals surface area contributed by atoms with Crippen molar-refractivity contribution in [1.82, 2.24) is 9.47 Å². The summed E-state index contributed by atoms with van der Waals surface area (Å²) >= 11 is 6.65. The van der Waals surface area contributed by atoms with Gasteiger partial charge in [-0.1, -0.05) is 73.4 Å². The van der Waals surface area contributed by atoms with Crippen molar-refractivity contribution in [3.63, 3.8) is 0 Å². The minimum atomic E-state index is -0.363. The summed E-state index contributed by atoms with van der Waals surface area (Å²) in [5.74, 6) is -0.0777. The summed E-state index contributed by atoms with van der Waals surface area (Å²) in [5, 5.41) is 13.1. The van der Waals surface area contributed by atoms with Gasteiger partial charge in [0.15, 0.2) is 0 Å². The minimum absolute atomic E-state index is 0.0479. The number of hydrogen-bond donors (Lipinski definition) is 1. The van der Waals surface area contributed by atoms with Crippen LogP contribution in [0.4, 0.5) is 10.2 Å². The molecule has 1 fully saturated rings. The number of carbonyl (C=O) groups is 1. The maximum absolute atomic E-state index is 13.3. The van der Waals surface area contributed by atoms with Crippen LogP contribution in [0.15, 0.2) is 64.3 Å². The molecule has 9 heteroatoms. The van der Waals surface area contributed by atoms with Gasteiger partial charge in [-0.2, -0.15) is 5.26 Å². The number of thioether (sulfide) groups is 1. The smallest absolute Gasteiger partial charge is 0.270 e. The highest BCUT2D eigenvalue weighted by atomic mass is 32.2. The first kappa shape index (κ1) is 26.3. The third-order valence-corrected chi connectivity index (χ3v) is 7.41. The van der Waals surface area contributed by atoms with Crippen LogP contribution in [0.5, 0.6) is 0 Å². The molecule has 2 aromatic carbocycles. The van der Waals surface area contributed by atoms with Crippen LogP contribution in [-0.2, 0) is 24.4 Å². The third kappa shape index (κ3) is 5.66. The Morgan fingerprint density at radius 2 is 1.81 bits per heavy atom. The molecule has 3 aromatic rings. The number of nitrogens with one attached hydrogen (secondary N) is 1. The molecule has 0 spiro atoms. The third-order valence-electron chi connectivity index (χ3n) is 6.03. The molecule has 1 aliphatic heterocycles. The molecular weight excluding hydrogens is 507 g/mol. The number of pyridine rings is 1. The van der Waals surface area contributed by atoms with Crippen LogP contribution in [0.3, 0.4) is 0 Å². The molecule has 6 nitrogen and oxygen atoms in total. The van der Waals surface area contributed by atoms with Crippen molar-refractivity contribution in [1.29, 1.82) is 5.26 Å². The lowest BCUT2D eigenvalue weighted by Crippen LogP contribution is -2.28. The average Bonchev–Trinajstić information content (AvgIpc) is 3.16. The minimum Gasteiger partial charge on any atom is -0.367 e. The molecule has 0 saturated carbocycles. The Bertz CT molecular complexity index is 1480. The Morgan fingerprint density at radius 3 is 2.46 bits per heavy atom. The second-order valence-corrected chi connectivity index (χ2v) is 10.2. The van der Waals surface area contributed by atoms with E-state index in [1.54, 1.807) is 29.7 Å². The second kappa shape index (κ2) is 11.5. The van der Waals surface area contributed by atoms with Gasteiger partial charge in [0.05, 0.1) is 11.4 Å². The molecule has 37 heavy (non-hydrogen) atoms. The lowest BCUT2D eigenvalue weighted by Gasteiger charge is -2.20. The van der Waals surface area contributed by atoms with E-state index in [0.717, 1.165) is 22.9 Å². The Balaban J connectivity index is 1.76. The SMILES string of the molecule is CCCn1c(NCc2ccccc2)c(/C=C2/SC(=S)N(Cc3ccc(F)cc3)C2=O)c(C)c(C#N)c1=O. The first-order valence-electron chi connectivity index (χ1n) is 11.8. The number of amides is 1. The number of carbonyl (C=O) groups excluding carboxylic acids is 1. The molecular formula is C28H25FN4O2S2. The number of rotatable bonds is 8. The van der Waals surface area contributed by atoms with E-state index in [1.807, 2.05) is 43.3 Å². The number of nitriles is 1. The maximum atomic E-state index is 13.3. The van der Waals surface area contributed by atoms with Gasteiger partial charge < -0.3 is 5.32 Å². The van der Waals surface area contributed by atoms with Crippen LogP contribution in [0, 0.1) is 24.1 Å². The van der Waals surface area contributed by atoms with Crippen LogP contribution < -0.4 is 10.9 Å². The Hall–Kier alpha value is -3.74. The quantitative estimate of drug-likeness (QED) is 0.301. The van der Waals surface area contributed by atoms with Crippen molar-refractivity contribution >= 4 is 46.1 Å². The molecule has 1 aromatic heterocycles. The van der Waals surface area contributed by atoms with E-state index < -0.39 is 0 Å². The van der Waals surface area contributed by atoms with E-state index in [2.05, 4.69) is 5.32 Å². The number of hydrogen-bond acceptors (Lipinski definition) is 6. The zero-order valence-electron chi connectivity index (χ0n) is 20.5. The number of thiocarbonyl (C=S) groups is 1. The topological polar surface area (TPSA) is 78.1 Å². The highest BCUT2D eigenvalue weighted by molar-refractivity contribution is 8.26. The molecule has 0 atom stereocenters. The summed E-state index contributed by atoms with van der Waals surface area (Å²) < 4.78 is 15.3. The average molecular weight is 533 g/mol. The normalized spacial score (nSPS) is 14.3. The Labute approximate surface area is 224 Å². The van der Waals surface area contributed by atoms with E-state index in [-0.39, 0.29) is 29.4 Å². The fraction of sp³-hybridized carbons (Fsp3) is 0.214. The summed E-state index contributed by atoms with van der Waals surface area (Å²) in [4.78, 5) is 28.4. The van der Waals surface area contributed by atoms with Gasteiger partial charge in [-0.05, 0) is 48.2 Å². The number of halogens is 1. The summed E-state index contributed by atoms with van der Waals surface area (Å²) in [6, 6.07) is 17.7. The van der Waals surface area contributed by atoms with E-state index >= 15 is 0 Å². The fourth-order valence-corrected chi connectivity index (χ4v) is 5.35. The van der Waals surface area contributed by atoms with Crippen molar-refractivity contribution in [2.24, 2.45) is 0 Å². The van der Waals surface area contributed by atoms with Crippen molar-refractivity contribution in [2.75, 3.05) is 5.32 Å². The molecule has 0 aliphatic carbocycles. The molecule has 0 bridgehead atoms. The summed E-state index contributed by atoms with van der Waals surface area (Å²) in [6.45, 7) is 4.77. The first-order chi connectivity index (χ1) is 17.8. The molecule has 0 radical (unpaired) electrons. The van der Waals surface area contributed by atoms with Crippen LogP contribution in [-0.4, -0.2) is 19.7 Å². The molecule has 0 unspecified atom stereocenters. The molecule has 188 valence electrons. The first-order valence-corrected chi connectivity index (χ1v) is 13.0. The van der Waals surface area contributed by atoms with Crippen LogP contribution in [0.25, 0.3) is 6.08 Å². The zero-order valence-corrected chi connectivity index (χ0v) is 22.1. The summed E-state index contributed by atoms with van der Waals surface area (Å²) in [6.07, 6.45) is 2.39. The van der Waals surface area contributed by atoms with E-state index in [0.29, 0.717) is 45.7 Å². The number of anilines is 1. The highest BCUT2D eigenvalue weighted by Crippen LogP contribution is 2.36. The lowest BCUT2D eigenvalue weighted by atomic mass is 10.0. The van der Waals surface area contributed by atoms with Crippen molar-refractivity contribution in [2.45, 2.75) is 39.9 Å². The van der Waals surface area contributed by atoms with E-state index in [4.69, 9.17) is 12.2 Å². The van der Waals surface area contributed by atoms with Crippen molar-refractivity contribution in [3.8, 4) is 6.07 Å². The van der Waals surface area contributed by atoms with Gasteiger partial charge in [-0.3, -0.25) is 19.1 Å². The maximum Gasteiger partial charge on any atom is 0.270 e. The molecule has 4 rings (SSSR count).